The first-order chi connectivity index (χ1) is 17.2. The van der Waals surface area contributed by atoms with Gasteiger partial charge in [-0.15, -0.1) is 0 Å². The van der Waals surface area contributed by atoms with E-state index in [9.17, 15) is 18.0 Å². The van der Waals surface area contributed by atoms with Gasteiger partial charge in [-0.05, 0) is 50.5 Å². The number of sulfonamides is 1. The Labute approximate surface area is 210 Å². The first-order valence-electron chi connectivity index (χ1n) is 11.9. The number of anilines is 1. The monoisotopic (exact) mass is 510 g/mol. The standard InChI is InChI=1S/C26H30N4O5S/c1-4-35-26(32)30-15-13-22(17(2)16-30)29-36(33,34)24-12-11-23(20-8-5-6-9-21(20)24)28-25(31)19-10-7-14-27-18(19)3/h5-12,14,17,22,29H,4,13,15-16H2,1-3H3,(H,28,31)/t17-,22+/m0/s1. The van der Waals surface area contributed by atoms with Gasteiger partial charge in [0.15, 0.2) is 0 Å². The second kappa shape index (κ2) is 10.6. The van der Waals surface area contributed by atoms with Gasteiger partial charge < -0.3 is 15.0 Å². The zero-order valence-electron chi connectivity index (χ0n) is 20.5. The Balaban J connectivity index is 1.57. The van der Waals surface area contributed by atoms with Crippen molar-refractivity contribution in [3.05, 3.63) is 66.0 Å². The van der Waals surface area contributed by atoms with Gasteiger partial charge in [0.2, 0.25) is 10.0 Å². The van der Waals surface area contributed by atoms with Crippen molar-refractivity contribution < 1.29 is 22.7 Å². The molecule has 1 aromatic heterocycles. The largest absolute Gasteiger partial charge is 0.450 e. The van der Waals surface area contributed by atoms with Crippen LogP contribution in [0.15, 0.2) is 59.6 Å². The highest BCUT2D eigenvalue weighted by Crippen LogP contribution is 2.31. The number of carbonyl (C=O) groups is 2. The number of aryl methyl sites for hydroxylation is 1. The second-order valence-corrected chi connectivity index (χ2v) is 10.6. The van der Waals surface area contributed by atoms with Gasteiger partial charge in [0, 0.05) is 47.5 Å². The first kappa shape index (κ1) is 25.6. The van der Waals surface area contributed by atoms with E-state index in [-0.39, 0.29) is 28.9 Å². The minimum atomic E-state index is -3.88. The predicted octanol–water partition coefficient (Wildman–Crippen LogP) is 3.94. The van der Waals surface area contributed by atoms with Crippen molar-refractivity contribution in [3.8, 4) is 0 Å². The molecule has 0 radical (unpaired) electrons. The molecule has 9 nitrogen and oxygen atoms in total. The van der Waals surface area contributed by atoms with E-state index in [1.165, 1.54) is 6.07 Å². The van der Waals surface area contributed by atoms with Crippen molar-refractivity contribution >= 4 is 38.5 Å². The van der Waals surface area contributed by atoms with E-state index in [2.05, 4.69) is 15.0 Å². The molecule has 2 aromatic carbocycles. The molecule has 3 aromatic rings. The van der Waals surface area contributed by atoms with E-state index in [0.29, 0.717) is 53.8 Å². The lowest BCUT2D eigenvalue weighted by Crippen LogP contribution is -2.51. The Kier molecular flexibility index (Phi) is 7.56. The summed E-state index contributed by atoms with van der Waals surface area (Å²) in [7, 11) is -3.88. The van der Waals surface area contributed by atoms with Crippen LogP contribution in [0.25, 0.3) is 10.8 Å². The van der Waals surface area contributed by atoms with Crippen LogP contribution in [0.2, 0.25) is 0 Å². The number of likely N-dealkylation sites (tertiary alicyclic amines) is 1. The number of rotatable bonds is 6. The number of ether oxygens (including phenoxy) is 1. The summed E-state index contributed by atoms with van der Waals surface area (Å²) < 4.78 is 34.8. The molecular weight excluding hydrogens is 480 g/mol. The van der Waals surface area contributed by atoms with Crippen LogP contribution in [0, 0.1) is 12.8 Å². The molecule has 0 bridgehead atoms. The van der Waals surface area contributed by atoms with Crippen LogP contribution in [0.1, 0.15) is 36.3 Å². The molecule has 1 fully saturated rings. The van der Waals surface area contributed by atoms with Crippen LogP contribution in [-0.2, 0) is 14.8 Å². The number of hydrogen-bond donors (Lipinski definition) is 2. The molecule has 4 rings (SSSR count). The Hall–Kier alpha value is -3.50. The number of nitrogens with zero attached hydrogens (tertiary/aromatic N) is 2. The highest BCUT2D eigenvalue weighted by atomic mass is 32.2. The number of piperidine rings is 1. The zero-order valence-corrected chi connectivity index (χ0v) is 21.3. The summed E-state index contributed by atoms with van der Waals surface area (Å²) in [6, 6.07) is 13.2. The number of amides is 2. The van der Waals surface area contributed by atoms with Gasteiger partial charge in [0.25, 0.3) is 5.91 Å². The average Bonchev–Trinajstić information content (AvgIpc) is 2.85. The van der Waals surface area contributed by atoms with Crippen molar-refractivity contribution in [2.75, 3.05) is 25.0 Å². The van der Waals surface area contributed by atoms with E-state index in [1.54, 1.807) is 67.4 Å². The fraction of sp³-hybridized carbons (Fsp3) is 0.346. The lowest BCUT2D eigenvalue weighted by Gasteiger charge is -2.36. The molecule has 2 N–H and O–H groups in total. The molecule has 1 aliphatic heterocycles. The van der Waals surface area contributed by atoms with Gasteiger partial charge in [-0.25, -0.2) is 17.9 Å². The highest BCUT2D eigenvalue weighted by molar-refractivity contribution is 7.89. The maximum atomic E-state index is 13.5. The maximum Gasteiger partial charge on any atom is 0.409 e. The topological polar surface area (TPSA) is 118 Å². The lowest BCUT2D eigenvalue weighted by atomic mass is 9.95. The molecule has 0 saturated carbocycles. The number of fused-ring (bicyclic) bond motifs is 1. The Morgan fingerprint density at radius 2 is 1.86 bits per heavy atom. The summed E-state index contributed by atoms with van der Waals surface area (Å²) in [5.74, 6) is -0.410. The van der Waals surface area contributed by atoms with Crippen LogP contribution < -0.4 is 10.0 Å². The quantitative estimate of drug-likeness (QED) is 0.519. The molecule has 0 spiro atoms. The summed E-state index contributed by atoms with van der Waals surface area (Å²) in [6.07, 6.45) is 1.72. The number of carbonyl (C=O) groups excluding carboxylic acids is 2. The van der Waals surface area contributed by atoms with E-state index in [4.69, 9.17) is 4.74 Å². The molecule has 0 aliphatic carbocycles. The van der Waals surface area contributed by atoms with Crippen LogP contribution in [0.3, 0.4) is 0 Å². The van der Waals surface area contributed by atoms with Crippen LogP contribution >= 0.6 is 0 Å². The van der Waals surface area contributed by atoms with Crippen LogP contribution in [-0.4, -0.2) is 56.0 Å². The van der Waals surface area contributed by atoms with Gasteiger partial charge in [-0.2, -0.15) is 0 Å². The smallest absolute Gasteiger partial charge is 0.409 e. The van der Waals surface area contributed by atoms with Crippen molar-refractivity contribution in [2.24, 2.45) is 5.92 Å². The average molecular weight is 511 g/mol. The summed E-state index contributed by atoms with van der Waals surface area (Å²) in [4.78, 5) is 30.8. The Morgan fingerprint density at radius 1 is 1.11 bits per heavy atom. The zero-order chi connectivity index (χ0) is 25.9. The van der Waals surface area contributed by atoms with E-state index < -0.39 is 10.0 Å². The molecule has 2 heterocycles. The molecule has 1 saturated heterocycles. The van der Waals surface area contributed by atoms with Crippen LogP contribution in [0.4, 0.5) is 10.5 Å². The van der Waals surface area contributed by atoms with Gasteiger partial charge >= 0.3 is 6.09 Å². The molecule has 2 amide bonds. The maximum absolute atomic E-state index is 13.5. The van der Waals surface area contributed by atoms with E-state index >= 15 is 0 Å². The molecule has 10 heteroatoms. The third-order valence-electron chi connectivity index (χ3n) is 6.41. The highest BCUT2D eigenvalue weighted by Gasteiger charge is 2.33. The SMILES string of the molecule is CCOC(=O)N1CC[C@@H](NS(=O)(=O)c2ccc(NC(=O)c3cccnc3C)c3ccccc23)[C@@H](C)C1. The number of pyridine rings is 1. The molecule has 1 aliphatic rings. The third kappa shape index (κ3) is 5.34. The van der Waals surface area contributed by atoms with Crippen LogP contribution in [0.5, 0.6) is 0 Å². The number of hydrogen-bond acceptors (Lipinski definition) is 6. The molecule has 2 atom stereocenters. The molecule has 0 unspecified atom stereocenters. The summed E-state index contributed by atoms with van der Waals surface area (Å²) >= 11 is 0. The lowest BCUT2D eigenvalue weighted by molar-refractivity contribution is 0.0846. The van der Waals surface area contributed by atoms with Gasteiger partial charge in [-0.3, -0.25) is 9.78 Å². The number of nitrogens with one attached hydrogen (secondary N) is 2. The fourth-order valence-electron chi connectivity index (χ4n) is 4.49. The van der Waals surface area contributed by atoms with Gasteiger partial charge in [0.05, 0.1) is 17.1 Å². The molecule has 190 valence electrons. The van der Waals surface area contributed by atoms with E-state index in [1.807, 2.05) is 6.92 Å². The normalized spacial score (nSPS) is 18.1. The summed E-state index contributed by atoms with van der Waals surface area (Å²) in [5, 5.41) is 4.01. The number of aromatic nitrogens is 1. The second-order valence-electron chi connectivity index (χ2n) is 8.89. The summed E-state index contributed by atoms with van der Waals surface area (Å²) in [5.41, 5.74) is 1.56. The fourth-order valence-corrected chi connectivity index (χ4v) is 6.08. The molecule has 36 heavy (non-hydrogen) atoms. The Morgan fingerprint density at radius 3 is 2.56 bits per heavy atom. The minimum Gasteiger partial charge on any atom is -0.450 e. The van der Waals surface area contributed by atoms with Crippen molar-refractivity contribution in [3.63, 3.8) is 0 Å². The van der Waals surface area contributed by atoms with Gasteiger partial charge in [0.1, 0.15) is 0 Å². The van der Waals surface area contributed by atoms with Crippen molar-refractivity contribution in [2.45, 2.75) is 38.1 Å². The minimum absolute atomic E-state index is 0.0921. The number of benzene rings is 2. The van der Waals surface area contributed by atoms with E-state index in [0.717, 1.165) is 0 Å². The Bertz CT molecular complexity index is 1390. The van der Waals surface area contributed by atoms with Gasteiger partial charge in [-0.1, -0.05) is 31.2 Å². The first-order valence-corrected chi connectivity index (χ1v) is 13.4. The summed E-state index contributed by atoms with van der Waals surface area (Å²) in [6.45, 7) is 6.54. The van der Waals surface area contributed by atoms with Crippen molar-refractivity contribution in [1.82, 2.24) is 14.6 Å². The predicted molar refractivity (Wildman–Crippen MR) is 137 cm³/mol. The third-order valence-corrected chi connectivity index (χ3v) is 7.96. The van der Waals surface area contributed by atoms with Crippen molar-refractivity contribution in [1.29, 1.82) is 0 Å². The molecular formula is C26H30N4O5S.